The van der Waals surface area contributed by atoms with E-state index in [-0.39, 0.29) is 0 Å². The molecule has 0 fully saturated rings. The average Bonchev–Trinajstić information content (AvgIpc) is 2.03. The van der Waals surface area contributed by atoms with Crippen LogP contribution >= 0.6 is 22.2 Å². The first-order chi connectivity index (χ1) is 5.55. The van der Waals surface area contributed by atoms with Gasteiger partial charge in [0, 0.05) is 0 Å². The lowest BCUT2D eigenvalue weighted by molar-refractivity contribution is 1.71. The molecule has 0 N–H and O–H groups in total. The number of hydrogen-bond acceptors (Lipinski definition) is 0. The van der Waals surface area contributed by atoms with E-state index in [2.05, 4.69) is 6.58 Å². The summed E-state index contributed by atoms with van der Waals surface area (Å²) in [5.41, 5.74) is 1.04. The molecule has 0 saturated carbocycles. The fourth-order valence-electron chi connectivity index (χ4n) is 1.07. The molecular weight excluding hydrogens is 207 g/mol. The zero-order valence-corrected chi connectivity index (χ0v) is 9.36. The van der Waals surface area contributed by atoms with E-state index in [0.29, 0.717) is 0 Å². The van der Waals surface area contributed by atoms with Crippen LogP contribution < -0.4 is 5.19 Å². The summed E-state index contributed by atoms with van der Waals surface area (Å²) in [5.74, 6) is 0. The first kappa shape index (κ1) is 9.84. The molecule has 0 aliphatic rings. The Balaban J connectivity index is 3.23. The van der Waals surface area contributed by atoms with Gasteiger partial charge in [-0.15, -0.1) is 22.2 Å². The molecule has 64 valence electrons. The van der Waals surface area contributed by atoms with Crippen LogP contribution in [0.15, 0.2) is 30.8 Å². The molecule has 1 aromatic carbocycles. The fraction of sp³-hybridized carbons (Fsp3) is 0.111. The molecule has 0 saturated heterocycles. The Morgan fingerprint density at radius 3 is 2.33 bits per heavy atom. The van der Waals surface area contributed by atoms with Crippen molar-refractivity contribution in [3.8, 4) is 0 Å². The van der Waals surface area contributed by atoms with Crippen molar-refractivity contribution in [2.45, 2.75) is 6.55 Å². The lowest BCUT2D eigenvalue weighted by Gasteiger charge is -2.13. The Hall–Kier alpha value is -0.243. The highest BCUT2D eigenvalue weighted by Gasteiger charge is 2.25. The van der Waals surface area contributed by atoms with Crippen molar-refractivity contribution in [1.29, 1.82) is 0 Å². The minimum absolute atomic E-state index is 1.03. The molecule has 0 bridgehead atoms. The predicted octanol–water partition coefficient (Wildman–Crippen LogP) is 3.09. The molecular formula is C9H10Cl2Si. The fourth-order valence-corrected chi connectivity index (χ4v) is 3.19. The van der Waals surface area contributed by atoms with E-state index in [1.807, 2.05) is 30.8 Å². The maximum Gasteiger partial charge on any atom is 0.278 e. The number of rotatable bonds is 2. The summed E-state index contributed by atoms with van der Waals surface area (Å²) in [6.07, 6.45) is 1.78. The van der Waals surface area contributed by atoms with Gasteiger partial charge in [-0.1, -0.05) is 36.9 Å². The highest BCUT2D eigenvalue weighted by Crippen LogP contribution is 2.16. The molecule has 0 radical (unpaired) electrons. The topological polar surface area (TPSA) is 0 Å². The highest BCUT2D eigenvalue weighted by molar-refractivity contribution is 7.50. The summed E-state index contributed by atoms with van der Waals surface area (Å²) in [4.78, 5) is 0. The molecule has 0 unspecified atom stereocenters. The van der Waals surface area contributed by atoms with Gasteiger partial charge in [-0.25, -0.2) is 0 Å². The molecule has 0 aromatic heterocycles. The second kappa shape index (κ2) is 3.65. The Morgan fingerprint density at radius 2 is 1.92 bits per heavy atom. The molecule has 1 rings (SSSR count). The average molecular weight is 217 g/mol. The Labute approximate surface area is 83.2 Å². The van der Waals surface area contributed by atoms with Crippen molar-refractivity contribution in [3.05, 3.63) is 36.4 Å². The molecule has 12 heavy (non-hydrogen) atoms. The Bertz CT molecular complexity index is 289. The summed E-state index contributed by atoms with van der Waals surface area (Å²) >= 11 is 12.2. The van der Waals surface area contributed by atoms with Gasteiger partial charge in [-0.05, 0) is 17.3 Å². The van der Waals surface area contributed by atoms with E-state index in [1.165, 1.54) is 0 Å². The molecule has 0 aliphatic carbocycles. The third kappa shape index (κ3) is 2.13. The zero-order chi connectivity index (χ0) is 9.19. The van der Waals surface area contributed by atoms with E-state index in [4.69, 9.17) is 22.2 Å². The van der Waals surface area contributed by atoms with Gasteiger partial charge in [0.2, 0.25) is 0 Å². The molecule has 0 aliphatic heterocycles. The lowest BCUT2D eigenvalue weighted by Crippen LogP contribution is -2.34. The van der Waals surface area contributed by atoms with E-state index in [1.54, 1.807) is 6.08 Å². The van der Waals surface area contributed by atoms with Crippen LogP contribution in [0.25, 0.3) is 6.08 Å². The second-order valence-electron chi connectivity index (χ2n) is 2.68. The molecule has 0 atom stereocenters. The third-order valence-electron chi connectivity index (χ3n) is 1.65. The van der Waals surface area contributed by atoms with E-state index in [9.17, 15) is 0 Å². The Morgan fingerprint density at radius 1 is 1.33 bits per heavy atom. The Kier molecular flexibility index (Phi) is 2.99. The summed E-state index contributed by atoms with van der Waals surface area (Å²) in [6.45, 7) is 3.37. The quantitative estimate of drug-likeness (QED) is 0.527. The molecule has 1 aromatic rings. The lowest BCUT2D eigenvalue weighted by atomic mass is 10.2. The van der Waals surface area contributed by atoms with Crippen LogP contribution in [0.5, 0.6) is 0 Å². The highest BCUT2D eigenvalue weighted by atomic mass is 35.7. The third-order valence-corrected chi connectivity index (χ3v) is 4.28. The molecule has 0 heterocycles. The van der Waals surface area contributed by atoms with Crippen molar-refractivity contribution in [2.75, 3.05) is 0 Å². The minimum Gasteiger partial charge on any atom is -0.140 e. The maximum atomic E-state index is 6.10. The van der Waals surface area contributed by atoms with Crippen LogP contribution in [-0.2, 0) is 0 Å². The largest absolute Gasteiger partial charge is 0.278 e. The van der Waals surface area contributed by atoms with Crippen molar-refractivity contribution in [1.82, 2.24) is 0 Å². The molecule has 0 amide bonds. The first-order valence-electron chi connectivity index (χ1n) is 3.65. The van der Waals surface area contributed by atoms with Crippen LogP contribution in [0.1, 0.15) is 5.56 Å². The molecule has 3 heteroatoms. The van der Waals surface area contributed by atoms with Crippen LogP contribution in [0, 0.1) is 0 Å². The van der Waals surface area contributed by atoms with Gasteiger partial charge in [0.05, 0.1) is 0 Å². The molecule has 0 nitrogen and oxygen atoms in total. The monoisotopic (exact) mass is 216 g/mol. The van der Waals surface area contributed by atoms with Gasteiger partial charge < -0.3 is 0 Å². The van der Waals surface area contributed by atoms with Crippen LogP contribution in [0.3, 0.4) is 0 Å². The van der Waals surface area contributed by atoms with Crippen LogP contribution in [0.2, 0.25) is 6.55 Å². The van der Waals surface area contributed by atoms with Gasteiger partial charge in [0.15, 0.2) is 0 Å². The van der Waals surface area contributed by atoms with Gasteiger partial charge >= 0.3 is 0 Å². The maximum absolute atomic E-state index is 6.10. The van der Waals surface area contributed by atoms with Crippen LogP contribution in [-0.4, -0.2) is 6.69 Å². The summed E-state index contributed by atoms with van der Waals surface area (Å²) in [6, 6.07) is 7.83. The number of hydrogen-bond donors (Lipinski definition) is 0. The van der Waals surface area contributed by atoms with E-state index >= 15 is 0 Å². The summed E-state index contributed by atoms with van der Waals surface area (Å²) in [5, 5.41) is 1.03. The number of halogens is 2. The van der Waals surface area contributed by atoms with Gasteiger partial charge in [-0.2, -0.15) is 0 Å². The van der Waals surface area contributed by atoms with Crippen molar-refractivity contribution in [2.24, 2.45) is 0 Å². The standard InChI is InChI=1S/C9H10Cl2Si/c1-3-8-6-4-5-7-9(8)12(2,10)11/h3-7H,1H2,2H3. The summed E-state index contributed by atoms with van der Waals surface area (Å²) in [7, 11) is 0. The van der Waals surface area contributed by atoms with Crippen LogP contribution in [0.4, 0.5) is 0 Å². The molecule has 0 spiro atoms. The smallest absolute Gasteiger partial charge is 0.140 e. The second-order valence-corrected chi connectivity index (χ2v) is 10.1. The normalized spacial score (nSPS) is 11.2. The van der Waals surface area contributed by atoms with Gasteiger partial charge in [0.25, 0.3) is 6.69 Å². The minimum atomic E-state index is -2.23. The van der Waals surface area contributed by atoms with Crippen molar-refractivity contribution >= 4 is 40.1 Å². The van der Waals surface area contributed by atoms with Gasteiger partial charge in [-0.3, -0.25) is 0 Å². The predicted molar refractivity (Wildman–Crippen MR) is 59.5 cm³/mol. The zero-order valence-electron chi connectivity index (χ0n) is 6.85. The van der Waals surface area contributed by atoms with Gasteiger partial charge in [0.1, 0.15) is 0 Å². The van der Waals surface area contributed by atoms with Crippen molar-refractivity contribution < 1.29 is 0 Å². The summed E-state index contributed by atoms with van der Waals surface area (Å²) < 4.78 is 0. The number of benzene rings is 1. The van der Waals surface area contributed by atoms with E-state index in [0.717, 1.165) is 10.8 Å². The first-order valence-corrected chi connectivity index (χ1v) is 8.18. The van der Waals surface area contributed by atoms with E-state index < -0.39 is 6.69 Å². The van der Waals surface area contributed by atoms with Crippen molar-refractivity contribution in [3.63, 3.8) is 0 Å². The SMILES string of the molecule is C=Cc1ccccc1[Si](C)(Cl)Cl.